The van der Waals surface area contributed by atoms with Gasteiger partial charge in [-0.15, -0.1) is 0 Å². The van der Waals surface area contributed by atoms with Crippen LogP contribution in [0.5, 0.6) is 0 Å². The second-order valence-electron chi connectivity index (χ2n) is 7.65. The first-order chi connectivity index (χ1) is 12.7. The van der Waals surface area contributed by atoms with Gasteiger partial charge >= 0.3 is 0 Å². The second kappa shape index (κ2) is 7.91. The van der Waals surface area contributed by atoms with E-state index in [2.05, 4.69) is 28.5 Å². The maximum absolute atomic E-state index is 9.18. The Morgan fingerprint density at radius 3 is 2.65 bits per heavy atom. The third-order valence-electron chi connectivity index (χ3n) is 5.65. The molecule has 0 saturated heterocycles. The highest BCUT2D eigenvalue weighted by Gasteiger charge is 2.27. The van der Waals surface area contributed by atoms with Crippen molar-refractivity contribution in [2.45, 2.75) is 51.9 Å². The third-order valence-corrected chi connectivity index (χ3v) is 5.65. The number of benzene rings is 1. The lowest BCUT2D eigenvalue weighted by Crippen LogP contribution is -2.37. The quantitative estimate of drug-likeness (QED) is 0.740. The van der Waals surface area contributed by atoms with Crippen LogP contribution in [-0.4, -0.2) is 39.3 Å². The van der Waals surface area contributed by atoms with Crippen molar-refractivity contribution in [3.8, 4) is 0 Å². The fourth-order valence-electron chi connectivity index (χ4n) is 3.72. The summed E-state index contributed by atoms with van der Waals surface area (Å²) < 4.78 is 8.18. The Morgan fingerprint density at radius 2 is 1.92 bits per heavy atom. The van der Waals surface area contributed by atoms with E-state index in [9.17, 15) is 5.11 Å². The van der Waals surface area contributed by atoms with Crippen LogP contribution in [0.4, 0.5) is 0 Å². The Labute approximate surface area is 155 Å². The molecule has 26 heavy (non-hydrogen) atoms. The van der Waals surface area contributed by atoms with Gasteiger partial charge in [0.25, 0.3) is 0 Å². The smallest absolute Gasteiger partial charge is 0.126 e. The van der Waals surface area contributed by atoms with Crippen LogP contribution in [0.15, 0.2) is 30.5 Å². The molecule has 1 saturated carbocycles. The number of aliphatic hydroxyl groups is 1. The van der Waals surface area contributed by atoms with E-state index in [0.717, 1.165) is 50.8 Å². The van der Waals surface area contributed by atoms with Crippen LogP contribution in [0.25, 0.3) is 0 Å². The molecule has 1 N–H and O–H groups in total. The third kappa shape index (κ3) is 4.00. The fraction of sp³-hybridized carbons (Fsp3) is 0.571. The molecule has 1 aromatic carbocycles. The van der Waals surface area contributed by atoms with E-state index in [1.165, 1.54) is 29.9 Å². The van der Waals surface area contributed by atoms with Gasteiger partial charge in [0.05, 0.1) is 19.3 Å². The molecule has 0 spiro atoms. The van der Waals surface area contributed by atoms with Crippen LogP contribution in [0.1, 0.15) is 48.5 Å². The minimum Gasteiger partial charge on any atom is -0.392 e. The monoisotopic (exact) mass is 355 g/mol. The summed E-state index contributed by atoms with van der Waals surface area (Å²) in [7, 11) is 0. The first kappa shape index (κ1) is 17.7. The molecule has 1 aliphatic heterocycles. The van der Waals surface area contributed by atoms with Crippen molar-refractivity contribution in [2.24, 2.45) is 5.92 Å². The Balaban J connectivity index is 1.35. The predicted molar refractivity (Wildman–Crippen MR) is 101 cm³/mol. The van der Waals surface area contributed by atoms with Gasteiger partial charge in [-0.3, -0.25) is 4.90 Å². The molecule has 0 amide bonds. The lowest BCUT2D eigenvalue weighted by Gasteiger charge is -2.34. The number of aliphatic hydroxyl groups excluding tert-OH is 1. The van der Waals surface area contributed by atoms with E-state index in [1.807, 2.05) is 18.3 Å². The molecule has 2 aromatic rings. The van der Waals surface area contributed by atoms with Crippen molar-refractivity contribution in [3.05, 3.63) is 53.1 Å². The Hall–Kier alpha value is -1.69. The van der Waals surface area contributed by atoms with Gasteiger partial charge < -0.3 is 14.4 Å². The van der Waals surface area contributed by atoms with Crippen molar-refractivity contribution < 1.29 is 9.84 Å². The number of ether oxygens (including phenoxy) is 1. The van der Waals surface area contributed by atoms with Crippen LogP contribution in [0, 0.1) is 5.92 Å². The number of fused-ring (bicyclic) bond motifs is 1. The van der Waals surface area contributed by atoms with E-state index in [1.54, 1.807) is 0 Å². The molecular weight excluding hydrogens is 326 g/mol. The second-order valence-corrected chi connectivity index (χ2v) is 7.65. The number of nitrogens with zero attached hydrogens (tertiary/aromatic N) is 3. The molecule has 1 fully saturated rings. The highest BCUT2D eigenvalue weighted by Crippen LogP contribution is 2.29. The van der Waals surface area contributed by atoms with Crippen molar-refractivity contribution in [1.82, 2.24) is 14.5 Å². The van der Waals surface area contributed by atoms with Crippen LogP contribution in [0.3, 0.4) is 0 Å². The predicted octanol–water partition coefficient (Wildman–Crippen LogP) is 2.92. The summed E-state index contributed by atoms with van der Waals surface area (Å²) in [6.45, 7) is 7.02. The molecule has 0 bridgehead atoms. The fourth-order valence-corrected chi connectivity index (χ4v) is 3.72. The summed E-state index contributed by atoms with van der Waals surface area (Å²) in [6.07, 6.45) is 5.68. The van der Waals surface area contributed by atoms with E-state index >= 15 is 0 Å². The van der Waals surface area contributed by atoms with Gasteiger partial charge in [0, 0.05) is 44.6 Å². The number of imidazole rings is 1. The molecule has 140 valence electrons. The molecule has 5 nitrogen and oxygen atoms in total. The average Bonchev–Trinajstić information content (AvgIpc) is 3.40. The van der Waals surface area contributed by atoms with E-state index < -0.39 is 0 Å². The van der Waals surface area contributed by atoms with Gasteiger partial charge in [0.15, 0.2) is 0 Å². The standard InChI is InChI=1S/C21H29N3O2/c1-16-21-22-12-20(8-11-26-15-19-6-7-19)24(21)10-9-23(16)13-17-2-4-18(14-25)5-3-17/h2-5,12,16,19,25H,6-11,13-15H2,1H3/t16-/m0/s1. The molecular formula is C21H29N3O2. The summed E-state index contributed by atoms with van der Waals surface area (Å²) in [6, 6.07) is 8.54. The van der Waals surface area contributed by atoms with Gasteiger partial charge in [-0.25, -0.2) is 4.98 Å². The molecule has 2 aliphatic rings. The summed E-state index contributed by atoms with van der Waals surface area (Å²) in [4.78, 5) is 7.19. The Kier molecular flexibility index (Phi) is 5.38. The van der Waals surface area contributed by atoms with Gasteiger partial charge in [-0.1, -0.05) is 24.3 Å². The maximum Gasteiger partial charge on any atom is 0.126 e. The minimum atomic E-state index is 0.102. The van der Waals surface area contributed by atoms with E-state index in [0.29, 0.717) is 6.04 Å². The molecule has 0 radical (unpaired) electrons. The molecule has 0 unspecified atom stereocenters. The topological polar surface area (TPSA) is 50.5 Å². The lowest BCUT2D eigenvalue weighted by atomic mass is 10.1. The maximum atomic E-state index is 9.18. The number of aromatic nitrogens is 2. The Morgan fingerprint density at radius 1 is 1.15 bits per heavy atom. The number of hydrogen-bond donors (Lipinski definition) is 1. The highest BCUT2D eigenvalue weighted by atomic mass is 16.5. The van der Waals surface area contributed by atoms with E-state index in [4.69, 9.17) is 9.72 Å². The summed E-state index contributed by atoms with van der Waals surface area (Å²) in [5.74, 6) is 2.00. The molecule has 1 atom stereocenters. The SMILES string of the molecule is C[C@H]1c2ncc(CCOCC3CC3)n2CCN1Cc1ccc(CO)cc1. The van der Waals surface area contributed by atoms with Crippen LogP contribution < -0.4 is 0 Å². The largest absolute Gasteiger partial charge is 0.392 e. The van der Waals surface area contributed by atoms with Gasteiger partial charge in [-0.2, -0.15) is 0 Å². The molecule has 5 heteroatoms. The van der Waals surface area contributed by atoms with Gasteiger partial charge in [0.1, 0.15) is 5.82 Å². The minimum absolute atomic E-state index is 0.102. The van der Waals surface area contributed by atoms with E-state index in [-0.39, 0.29) is 6.61 Å². The lowest BCUT2D eigenvalue weighted by molar-refractivity contribution is 0.124. The number of hydrogen-bond acceptors (Lipinski definition) is 4. The Bertz CT molecular complexity index is 721. The molecule has 4 rings (SSSR count). The average molecular weight is 355 g/mol. The zero-order chi connectivity index (χ0) is 17.9. The zero-order valence-electron chi connectivity index (χ0n) is 15.6. The normalized spacial score (nSPS) is 20.3. The number of rotatable bonds is 8. The van der Waals surface area contributed by atoms with Crippen LogP contribution >= 0.6 is 0 Å². The highest BCUT2D eigenvalue weighted by molar-refractivity contribution is 5.22. The molecule has 1 aliphatic carbocycles. The molecule has 2 heterocycles. The van der Waals surface area contributed by atoms with Crippen molar-refractivity contribution in [2.75, 3.05) is 19.8 Å². The van der Waals surface area contributed by atoms with Crippen LogP contribution in [-0.2, 0) is 30.9 Å². The zero-order valence-corrected chi connectivity index (χ0v) is 15.6. The van der Waals surface area contributed by atoms with Crippen molar-refractivity contribution in [1.29, 1.82) is 0 Å². The van der Waals surface area contributed by atoms with Crippen molar-refractivity contribution in [3.63, 3.8) is 0 Å². The van der Waals surface area contributed by atoms with Crippen LogP contribution in [0.2, 0.25) is 0 Å². The first-order valence-corrected chi connectivity index (χ1v) is 9.79. The van der Waals surface area contributed by atoms with Crippen molar-refractivity contribution >= 4 is 0 Å². The summed E-state index contributed by atoms with van der Waals surface area (Å²) >= 11 is 0. The summed E-state index contributed by atoms with van der Waals surface area (Å²) in [5.41, 5.74) is 3.54. The molecule has 1 aromatic heterocycles. The first-order valence-electron chi connectivity index (χ1n) is 9.79. The summed E-state index contributed by atoms with van der Waals surface area (Å²) in [5, 5.41) is 9.18. The van der Waals surface area contributed by atoms with Gasteiger partial charge in [-0.05, 0) is 36.8 Å². The van der Waals surface area contributed by atoms with Gasteiger partial charge in [0.2, 0.25) is 0 Å².